The summed E-state index contributed by atoms with van der Waals surface area (Å²) in [6, 6.07) is 6.89. The lowest BCUT2D eigenvalue weighted by molar-refractivity contribution is -0.165. The van der Waals surface area contributed by atoms with Gasteiger partial charge in [-0.05, 0) is 31.5 Å². The van der Waals surface area contributed by atoms with Crippen molar-refractivity contribution in [2.75, 3.05) is 0 Å². The predicted molar refractivity (Wildman–Crippen MR) is 61.9 cm³/mol. The van der Waals surface area contributed by atoms with Gasteiger partial charge in [0.1, 0.15) is 6.10 Å². The van der Waals surface area contributed by atoms with Crippen LogP contribution in [0.15, 0.2) is 24.3 Å². The van der Waals surface area contributed by atoms with E-state index >= 15 is 0 Å². The van der Waals surface area contributed by atoms with Crippen molar-refractivity contribution in [1.29, 1.82) is 0 Å². The summed E-state index contributed by atoms with van der Waals surface area (Å²) in [6.45, 7) is 3.39. The van der Waals surface area contributed by atoms with Gasteiger partial charge in [-0.15, -0.1) is 0 Å². The number of hydrogen-bond donors (Lipinski definition) is 1. The molecule has 0 aliphatic carbocycles. The predicted octanol–water partition coefficient (Wildman–Crippen LogP) is 2.62. The van der Waals surface area contributed by atoms with Gasteiger partial charge in [-0.25, -0.2) is 4.79 Å². The van der Waals surface area contributed by atoms with Gasteiger partial charge in [0.05, 0.1) is 0 Å². The molecule has 4 nitrogen and oxygen atoms in total. The van der Waals surface area contributed by atoms with Crippen molar-refractivity contribution in [2.45, 2.75) is 31.8 Å². The van der Waals surface area contributed by atoms with Gasteiger partial charge in [0.15, 0.2) is 11.9 Å². The van der Waals surface area contributed by atoms with E-state index in [0.717, 1.165) is 5.56 Å². The number of benzene rings is 1. The molecule has 1 saturated heterocycles. The number of aliphatic carboxylic acids is 1. The first-order chi connectivity index (χ1) is 7.89. The van der Waals surface area contributed by atoms with Gasteiger partial charge in [-0.1, -0.05) is 23.7 Å². The van der Waals surface area contributed by atoms with Gasteiger partial charge in [-0.2, -0.15) is 0 Å². The van der Waals surface area contributed by atoms with Crippen molar-refractivity contribution in [2.24, 2.45) is 0 Å². The second kappa shape index (κ2) is 4.29. The van der Waals surface area contributed by atoms with Crippen LogP contribution >= 0.6 is 11.6 Å². The zero-order valence-electron chi connectivity index (χ0n) is 9.51. The Morgan fingerprint density at radius 2 is 1.88 bits per heavy atom. The van der Waals surface area contributed by atoms with Crippen molar-refractivity contribution in [3.8, 4) is 0 Å². The molecule has 0 unspecified atom stereocenters. The van der Waals surface area contributed by atoms with Crippen molar-refractivity contribution in [3.63, 3.8) is 0 Å². The summed E-state index contributed by atoms with van der Waals surface area (Å²) < 4.78 is 11.0. The fourth-order valence-electron chi connectivity index (χ4n) is 1.84. The molecule has 0 bridgehead atoms. The van der Waals surface area contributed by atoms with Crippen molar-refractivity contribution in [1.82, 2.24) is 0 Å². The smallest absolute Gasteiger partial charge is 0.336 e. The minimum atomic E-state index is -1.03. The summed E-state index contributed by atoms with van der Waals surface area (Å²) >= 11 is 5.78. The molecule has 5 heteroatoms. The Morgan fingerprint density at radius 3 is 2.41 bits per heavy atom. The standard InChI is InChI=1S/C12H13ClO4/c1-12(2)16-9(10(17-12)11(14)15)7-3-5-8(13)6-4-7/h3-6,9-10H,1-2H3,(H,14,15)/t9-,10+/m1/s1. The fourth-order valence-corrected chi connectivity index (χ4v) is 1.96. The molecule has 0 saturated carbocycles. The Labute approximate surface area is 104 Å². The highest BCUT2D eigenvalue weighted by Crippen LogP contribution is 2.38. The number of hydrogen-bond acceptors (Lipinski definition) is 3. The van der Waals surface area contributed by atoms with Crippen molar-refractivity contribution >= 4 is 17.6 Å². The quantitative estimate of drug-likeness (QED) is 0.884. The normalized spacial score (nSPS) is 27.0. The first-order valence-electron chi connectivity index (χ1n) is 5.23. The molecule has 1 aliphatic rings. The largest absolute Gasteiger partial charge is 0.479 e. The van der Waals surface area contributed by atoms with Crippen LogP contribution in [0.1, 0.15) is 25.5 Å². The monoisotopic (exact) mass is 256 g/mol. The minimum absolute atomic E-state index is 0.596. The molecule has 1 aromatic carbocycles. The lowest BCUT2D eigenvalue weighted by Gasteiger charge is -2.16. The van der Waals surface area contributed by atoms with E-state index < -0.39 is 24.0 Å². The molecule has 0 radical (unpaired) electrons. The maximum Gasteiger partial charge on any atom is 0.336 e. The molecule has 17 heavy (non-hydrogen) atoms. The van der Waals surface area contributed by atoms with E-state index in [1.165, 1.54) is 0 Å². The molecule has 2 rings (SSSR count). The third-order valence-electron chi connectivity index (χ3n) is 2.54. The van der Waals surface area contributed by atoms with E-state index in [-0.39, 0.29) is 0 Å². The molecule has 2 atom stereocenters. The van der Waals surface area contributed by atoms with E-state index in [1.54, 1.807) is 38.1 Å². The van der Waals surface area contributed by atoms with E-state index in [4.69, 9.17) is 26.2 Å². The molecule has 1 aliphatic heterocycles. The van der Waals surface area contributed by atoms with Gasteiger partial charge in [0, 0.05) is 5.02 Å². The van der Waals surface area contributed by atoms with Crippen LogP contribution in [-0.4, -0.2) is 23.0 Å². The Bertz CT molecular complexity index is 427. The number of rotatable bonds is 2. The Hall–Kier alpha value is -1.10. The molecular formula is C12H13ClO4. The second-order valence-electron chi connectivity index (χ2n) is 4.37. The summed E-state index contributed by atoms with van der Waals surface area (Å²) in [5.74, 6) is -1.93. The highest BCUT2D eigenvalue weighted by Gasteiger charge is 2.46. The summed E-state index contributed by atoms with van der Waals surface area (Å²) in [5.41, 5.74) is 0.743. The molecule has 1 heterocycles. The average Bonchev–Trinajstić information content (AvgIpc) is 2.56. The van der Waals surface area contributed by atoms with Crippen LogP contribution in [-0.2, 0) is 14.3 Å². The number of halogens is 1. The topological polar surface area (TPSA) is 55.8 Å². The fraction of sp³-hybridized carbons (Fsp3) is 0.417. The summed E-state index contributed by atoms with van der Waals surface area (Å²) in [7, 11) is 0. The van der Waals surface area contributed by atoms with Gasteiger partial charge in [0.2, 0.25) is 0 Å². The van der Waals surface area contributed by atoms with Gasteiger partial charge < -0.3 is 14.6 Å². The first kappa shape index (κ1) is 12.4. The zero-order valence-corrected chi connectivity index (χ0v) is 10.3. The molecule has 0 spiro atoms. The maximum absolute atomic E-state index is 11.1. The van der Waals surface area contributed by atoms with Crippen LogP contribution in [0.2, 0.25) is 5.02 Å². The third kappa shape index (κ3) is 2.60. The second-order valence-corrected chi connectivity index (χ2v) is 4.80. The van der Waals surface area contributed by atoms with Crippen LogP contribution in [0.25, 0.3) is 0 Å². The highest BCUT2D eigenvalue weighted by molar-refractivity contribution is 6.30. The summed E-state index contributed by atoms with van der Waals surface area (Å²) in [6.07, 6.45) is -1.61. The van der Waals surface area contributed by atoms with Crippen LogP contribution in [0.5, 0.6) is 0 Å². The molecule has 92 valence electrons. The Morgan fingerprint density at radius 1 is 1.29 bits per heavy atom. The number of ether oxygens (including phenoxy) is 2. The third-order valence-corrected chi connectivity index (χ3v) is 2.79. The van der Waals surface area contributed by atoms with Gasteiger partial charge in [-0.3, -0.25) is 0 Å². The van der Waals surface area contributed by atoms with Gasteiger partial charge >= 0.3 is 5.97 Å². The lowest BCUT2D eigenvalue weighted by Crippen LogP contribution is -2.27. The zero-order chi connectivity index (χ0) is 12.6. The van der Waals surface area contributed by atoms with Crippen molar-refractivity contribution < 1.29 is 19.4 Å². The first-order valence-corrected chi connectivity index (χ1v) is 5.61. The number of carboxylic acids is 1. The van der Waals surface area contributed by atoms with E-state index in [1.807, 2.05) is 0 Å². The van der Waals surface area contributed by atoms with E-state index in [9.17, 15) is 4.79 Å². The van der Waals surface area contributed by atoms with E-state index in [0.29, 0.717) is 5.02 Å². The molecule has 1 aromatic rings. The van der Waals surface area contributed by atoms with Crippen molar-refractivity contribution in [3.05, 3.63) is 34.9 Å². The van der Waals surface area contributed by atoms with Crippen LogP contribution < -0.4 is 0 Å². The SMILES string of the molecule is CC1(C)O[C@H](C(=O)O)[C@@H](c2ccc(Cl)cc2)O1. The van der Waals surface area contributed by atoms with Crippen LogP contribution in [0, 0.1) is 0 Å². The Kier molecular flexibility index (Phi) is 3.12. The van der Waals surface area contributed by atoms with Gasteiger partial charge in [0.25, 0.3) is 0 Å². The summed E-state index contributed by atoms with van der Waals surface area (Å²) in [4.78, 5) is 11.1. The molecule has 1 N–H and O–H groups in total. The number of carboxylic acid groups (broad SMARTS) is 1. The average molecular weight is 257 g/mol. The van der Waals surface area contributed by atoms with Crippen LogP contribution in [0.3, 0.4) is 0 Å². The van der Waals surface area contributed by atoms with Crippen LogP contribution in [0.4, 0.5) is 0 Å². The highest BCUT2D eigenvalue weighted by atomic mass is 35.5. The Balaban J connectivity index is 2.30. The lowest BCUT2D eigenvalue weighted by atomic mass is 10.0. The maximum atomic E-state index is 11.1. The molecule has 1 fully saturated rings. The molecular weight excluding hydrogens is 244 g/mol. The summed E-state index contributed by atoms with van der Waals surface area (Å²) in [5, 5.41) is 9.70. The minimum Gasteiger partial charge on any atom is -0.479 e. The number of carbonyl (C=O) groups is 1. The molecule has 0 aromatic heterocycles. The molecule has 0 amide bonds. The van der Waals surface area contributed by atoms with E-state index in [2.05, 4.69) is 0 Å².